The maximum Gasteiger partial charge on any atom is 0.155 e. The van der Waals surface area contributed by atoms with E-state index in [0.717, 1.165) is 17.8 Å². The van der Waals surface area contributed by atoms with Crippen molar-refractivity contribution in [3.8, 4) is 0 Å². The van der Waals surface area contributed by atoms with Gasteiger partial charge in [-0.05, 0) is 25.3 Å². The van der Waals surface area contributed by atoms with Crippen LogP contribution in [0.4, 0.5) is 5.82 Å². The highest BCUT2D eigenvalue weighted by molar-refractivity contribution is 7.10. The van der Waals surface area contributed by atoms with Crippen LogP contribution in [-0.4, -0.2) is 23.1 Å². The van der Waals surface area contributed by atoms with Crippen molar-refractivity contribution in [2.75, 3.05) is 11.9 Å². The lowest BCUT2D eigenvalue weighted by atomic mass is 10.2. The number of aryl methyl sites for hydroxylation is 2. The van der Waals surface area contributed by atoms with Crippen molar-refractivity contribution in [1.29, 1.82) is 0 Å². The normalized spacial score (nSPS) is 12.4. The van der Waals surface area contributed by atoms with E-state index in [4.69, 9.17) is 0 Å². The molecule has 96 valence electrons. The number of hydrogen-bond acceptors (Lipinski definition) is 4. The lowest BCUT2D eigenvalue weighted by Crippen LogP contribution is -2.24. The standard InChI is InChI=1S/C13H17N3OS/c1-9-11(8-17)13(16(4)14-9)15(3)10(2)12-6-5-7-18-12/h5-8,10H,1-4H3. The largest absolute Gasteiger partial charge is 0.352 e. The minimum atomic E-state index is 0.221. The van der Waals surface area contributed by atoms with Gasteiger partial charge < -0.3 is 4.90 Å². The molecular weight excluding hydrogens is 246 g/mol. The molecular formula is C13H17N3OS. The highest BCUT2D eigenvalue weighted by Gasteiger charge is 2.21. The van der Waals surface area contributed by atoms with Gasteiger partial charge in [-0.15, -0.1) is 11.3 Å². The van der Waals surface area contributed by atoms with Crippen LogP contribution in [0.15, 0.2) is 17.5 Å². The summed E-state index contributed by atoms with van der Waals surface area (Å²) in [5.41, 5.74) is 1.44. The molecule has 0 aliphatic carbocycles. The van der Waals surface area contributed by atoms with E-state index in [0.29, 0.717) is 5.56 Å². The van der Waals surface area contributed by atoms with Crippen LogP contribution >= 0.6 is 11.3 Å². The monoisotopic (exact) mass is 263 g/mol. The SMILES string of the molecule is Cc1nn(C)c(N(C)C(C)c2cccs2)c1C=O. The van der Waals surface area contributed by atoms with Gasteiger partial charge >= 0.3 is 0 Å². The maximum atomic E-state index is 11.2. The van der Waals surface area contributed by atoms with Gasteiger partial charge in [0.2, 0.25) is 0 Å². The molecule has 2 aromatic heterocycles. The molecule has 1 unspecified atom stereocenters. The van der Waals surface area contributed by atoms with Crippen LogP contribution in [0.25, 0.3) is 0 Å². The number of hydrogen-bond donors (Lipinski definition) is 0. The van der Waals surface area contributed by atoms with Crippen molar-refractivity contribution in [3.05, 3.63) is 33.6 Å². The van der Waals surface area contributed by atoms with E-state index in [2.05, 4.69) is 28.4 Å². The second-order valence-electron chi connectivity index (χ2n) is 4.37. The molecule has 0 radical (unpaired) electrons. The first-order valence-corrected chi connectivity index (χ1v) is 6.69. The topological polar surface area (TPSA) is 38.1 Å². The first-order chi connectivity index (χ1) is 8.56. The lowest BCUT2D eigenvalue weighted by Gasteiger charge is -2.26. The molecule has 2 aromatic rings. The third-order valence-electron chi connectivity index (χ3n) is 3.23. The molecule has 2 heterocycles. The van der Waals surface area contributed by atoms with Gasteiger partial charge in [-0.25, -0.2) is 0 Å². The van der Waals surface area contributed by atoms with Gasteiger partial charge in [0.15, 0.2) is 6.29 Å². The number of aldehydes is 1. The summed E-state index contributed by atoms with van der Waals surface area (Å²) < 4.78 is 1.77. The molecule has 0 aromatic carbocycles. The predicted molar refractivity (Wildman–Crippen MR) is 74.5 cm³/mol. The van der Waals surface area contributed by atoms with Gasteiger partial charge in [0.25, 0.3) is 0 Å². The third-order valence-corrected chi connectivity index (χ3v) is 4.27. The van der Waals surface area contributed by atoms with Crippen LogP contribution in [-0.2, 0) is 7.05 Å². The number of rotatable bonds is 4. The highest BCUT2D eigenvalue weighted by Crippen LogP contribution is 2.30. The fourth-order valence-electron chi connectivity index (χ4n) is 2.12. The van der Waals surface area contributed by atoms with Crippen molar-refractivity contribution < 1.29 is 4.79 Å². The van der Waals surface area contributed by atoms with Crippen LogP contribution in [0.5, 0.6) is 0 Å². The smallest absolute Gasteiger partial charge is 0.155 e. The Morgan fingerprint density at radius 1 is 1.56 bits per heavy atom. The van der Waals surface area contributed by atoms with Crippen molar-refractivity contribution in [1.82, 2.24) is 9.78 Å². The molecule has 0 bridgehead atoms. The van der Waals surface area contributed by atoms with E-state index in [1.165, 1.54) is 4.88 Å². The molecule has 4 nitrogen and oxygen atoms in total. The van der Waals surface area contributed by atoms with E-state index in [1.807, 2.05) is 27.1 Å². The van der Waals surface area contributed by atoms with E-state index in [1.54, 1.807) is 16.0 Å². The van der Waals surface area contributed by atoms with Gasteiger partial charge in [-0.1, -0.05) is 6.07 Å². The Bertz CT molecular complexity index is 545. The van der Waals surface area contributed by atoms with Crippen molar-refractivity contribution >= 4 is 23.4 Å². The zero-order valence-corrected chi connectivity index (χ0v) is 11.9. The van der Waals surface area contributed by atoms with Crippen LogP contribution in [0, 0.1) is 6.92 Å². The van der Waals surface area contributed by atoms with Gasteiger partial charge in [0, 0.05) is 19.0 Å². The summed E-state index contributed by atoms with van der Waals surface area (Å²) >= 11 is 1.72. The van der Waals surface area contributed by atoms with Gasteiger partial charge in [-0.2, -0.15) is 5.10 Å². The zero-order valence-electron chi connectivity index (χ0n) is 11.0. The zero-order chi connectivity index (χ0) is 13.3. The molecule has 0 fully saturated rings. The van der Waals surface area contributed by atoms with Crippen LogP contribution in [0.3, 0.4) is 0 Å². The third kappa shape index (κ3) is 2.06. The molecule has 2 rings (SSSR count). The quantitative estimate of drug-likeness (QED) is 0.796. The number of nitrogens with zero attached hydrogens (tertiary/aromatic N) is 3. The van der Waals surface area contributed by atoms with Crippen molar-refractivity contribution in [2.45, 2.75) is 19.9 Å². The Balaban J connectivity index is 2.39. The summed E-state index contributed by atoms with van der Waals surface area (Å²) in [6.07, 6.45) is 0.884. The minimum absolute atomic E-state index is 0.221. The van der Waals surface area contributed by atoms with Crippen LogP contribution < -0.4 is 4.90 Å². The Hall–Kier alpha value is -1.62. The molecule has 0 aliphatic rings. The number of aromatic nitrogens is 2. The maximum absolute atomic E-state index is 11.2. The average molecular weight is 263 g/mol. The van der Waals surface area contributed by atoms with E-state index in [9.17, 15) is 4.79 Å². The molecule has 1 atom stereocenters. The fraction of sp³-hybridized carbons (Fsp3) is 0.385. The molecule has 0 spiro atoms. The Kier molecular flexibility index (Phi) is 3.52. The number of thiophene rings is 1. The molecule has 0 saturated heterocycles. The molecule has 0 aliphatic heterocycles. The number of carbonyl (C=O) groups excluding carboxylic acids is 1. The van der Waals surface area contributed by atoms with Crippen molar-refractivity contribution in [3.63, 3.8) is 0 Å². The van der Waals surface area contributed by atoms with E-state index in [-0.39, 0.29) is 6.04 Å². The first-order valence-electron chi connectivity index (χ1n) is 5.81. The number of carbonyl (C=O) groups is 1. The van der Waals surface area contributed by atoms with Crippen LogP contribution in [0.1, 0.15) is 33.9 Å². The molecule has 5 heteroatoms. The van der Waals surface area contributed by atoms with E-state index >= 15 is 0 Å². The summed E-state index contributed by atoms with van der Waals surface area (Å²) in [7, 11) is 3.86. The second-order valence-corrected chi connectivity index (χ2v) is 5.35. The lowest BCUT2D eigenvalue weighted by molar-refractivity contribution is 0.112. The fourth-order valence-corrected chi connectivity index (χ4v) is 2.95. The minimum Gasteiger partial charge on any atom is -0.352 e. The van der Waals surface area contributed by atoms with E-state index < -0.39 is 0 Å². The molecule has 0 amide bonds. The van der Waals surface area contributed by atoms with Gasteiger partial charge in [0.05, 0.1) is 17.3 Å². The van der Waals surface area contributed by atoms with Crippen molar-refractivity contribution in [2.24, 2.45) is 7.05 Å². The molecule has 0 saturated carbocycles. The average Bonchev–Trinajstić information content (AvgIpc) is 2.94. The summed E-state index contributed by atoms with van der Waals surface area (Å²) in [6.45, 7) is 3.99. The Morgan fingerprint density at radius 2 is 2.28 bits per heavy atom. The Labute approximate surface area is 111 Å². The highest BCUT2D eigenvalue weighted by atomic mass is 32.1. The van der Waals surface area contributed by atoms with Gasteiger partial charge in [0.1, 0.15) is 5.82 Å². The summed E-state index contributed by atoms with van der Waals surface area (Å²) in [5, 5.41) is 6.38. The summed E-state index contributed by atoms with van der Waals surface area (Å²) in [6, 6.07) is 4.37. The Morgan fingerprint density at radius 3 is 2.83 bits per heavy atom. The van der Waals surface area contributed by atoms with Gasteiger partial charge in [-0.3, -0.25) is 9.48 Å². The summed E-state index contributed by atoms with van der Waals surface area (Å²) in [4.78, 5) is 14.6. The molecule has 0 N–H and O–H groups in total. The van der Waals surface area contributed by atoms with Crippen LogP contribution in [0.2, 0.25) is 0 Å². The predicted octanol–water partition coefficient (Wildman–Crippen LogP) is 2.80. The molecule has 18 heavy (non-hydrogen) atoms. The second kappa shape index (κ2) is 4.94. The number of anilines is 1. The summed E-state index contributed by atoms with van der Waals surface area (Å²) in [5.74, 6) is 0.864. The first kappa shape index (κ1) is 12.8.